The van der Waals surface area contributed by atoms with E-state index in [1.807, 2.05) is 18.2 Å². The topological polar surface area (TPSA) is 37.6 Å². The third kappa shape index (κ3) is 9.19. The van der Waals surface area contributed by atoms with Crippen LogP contribution in [-0.4, -0.2) is 31.5 Å². The quantitative estimate of drug-likeness (QED) is 0.499. The standard InChI is InChI=1S/C9H11N3.3ClH.V/c1-10-6-8-4-3-5-9(12-8)7-11-2;;;;/h3-7H,1-2H3;3*1H;/p-3. The Morgan fingerprint density at radius 2 is 1.31 bits per heavy atom. The molecule has 0 atom stereocenters. The molecule has 0 bridgehead atoms. The van der Waals surface area contributed by atoms with Crippen LogP contribution in [0.1, 0.15) is 11.4 Å². The van der Waals surface area contributed by atoms with Gasteiger partial charge in [-0.05, 0) is 12.1 Å². The molecule has 0 aliphatic rings. The summed E-state index contributed by atoms with van der Waals surface area (Å²) in [4.78, 5) is 12.0. The molecule has 0 saturated heterocycles. The molecule has 0 N–H and O–H groups in total. The first kappa shape index (κ1) is 25.0. The maximum atomic E-state index is 4.25. The Morgan fingerprint density at radius 1 is 0.938 bits per heavy atom. The van der Waals surface area contributed by atoms with E-state index in [0.717, 1.165) is 11.4 Å². The Balaban J connectivity index is -0.000000180. The number of pyridine rings is 1. The molecule has 0 aromatic carbocycles. The van der Waals surface area contributed by atoms with Crippen molar-refractivity contribution in [2.24, 2.45) is 9.98 Å². The van der Waals surface area contributed by atoms with E-state index in [-0.39, 0.29) is 55.8 Å². The van der Waals surface area contributed by atoms with Crippen molar-refractivity contribution in [3.05, 3.63) is 29.6 Å². The van der Waals surface area contributed by atoms with E-state index in [1.165, 1.54) is 0 Å². The summed E-state index contributed by atoms with van der Waals surface area (Å²) < 4.78 is 0. The predicted octanol–water partition coefficient (Wildman–Crippen LogP) is -7.81. The number of aromatic nitrogens is 1. The van der Waals surface area contributed by atoms with Gasteiger partial charge in [-0.2, -0.15) is 0 Å². The molecule has 0 spiro atoms. The Morgan fingerprint density at radius 3 is 1.62 bits per heavy atom. The third-order valence-electron chi connectivity index (χ3n) is 1.31. The fourth-order valence-corrected chi connectivity index (χ4v) is 0.877. The summed E-state index contributed by atoms with van der Waals surface area (Å²) in [6.45, 7) is 0. The number of halogens is 3. The Bertz CT molecular complexity index is 291. The molecular formula is C9H11Cl3N3V-3. The molecule has 1 radical (unpaired) electrons. The van der Waals surface area contributed by atoms with Gasteiger partial charge in [0.1, 0.15) is 0 Å². The molecule has 7 heteroatoms. The van der Waals surface area contributed by atoms with Gasteiger partial charge in [-0.15, -0.1) is 0 Å². The zero-order valence-electron chi connectivity index (χ0n) is 8.81. The average molecular weight is 319 g/mol. The van der Waals surface area contributed by atoms with Crippen molar-refractivity contribution in [1.29, 1.82) is 0 Å². The second-order valence-corrected chi connectivity index (χ2v) is 2.26. The number of hydrogen-bond acceptors (Lipinski definition) is 3. The van der Waals surface area contributed by atoms with Crippen LogP contribution in [0.15, 0.2) is 28.2 Å². The molecule has 1 aromatic heterocycles. The van der Waals surface area contributed by atoms with E-state index < -0.39 is 0 Å². The molecule has 16 heavy (non-hydrogen) atoms. The van der Waals surface area contributed by atoms with Crippen LogP contribution in [0.5, 0.6) is 0 Å². The fraction of sp³-hybridized carbons (Fsp3) is 0.222. The van der Waals surface area contributed by atoms with Crippen molar-refractivity contribution in [1.82, 2.24) is 4.98 Å². The van der Waals surface area contributed by atoms with Gasteiger partial charge in [0, 0.05) is 45.1 Å². The van der Waals surface area contributed by atoms with Crippen LogP contribution in [0.3, 0.4) is 0 Å². The van der Waals surface area contributed by atoms with E-state index >= 15 is 0 Å². The molecule has 0 aliphatic carbocycles. The molecule has 1 rings (SSSR count). The molecule has 91 valence electrons. The van der Waals surface area contributed by atoms with Gasteiger partial charge in [0.15, 0.2) is 0 Å². The van der Waals surface area contributed by atoms with Crippen LogP contribution in [0.2, 0.25) is 0 Å². The van der Waals surface area contributed by atoms with Crippen LogP contribution in [0, 0.1) is 0 Å². The van der Waals surface area contributed by atoms with Crippen LogP contribution in [-0.2, 0) is 18.6 Å². The molecule has 0 fully saturated rings. The maximum Gasteiger partial charge on any atom is 0.0815 e. The smallest absolute Gasteiger partial charge is 0.0815 e. The summed E-state index contributed by atoms with van der Waals surface area (Å²) in [7, 11) is 3.45. The molecule has 0 saturated carbocycles. The van der Waals surface area contributed by atoms with Gasteiger partial charge >= 0.3 is 0 Å². The summed E-state index contributed by atoms with van der Waals surface area (Å²) in [5, 5.41) is 0. The summed E-state index contributed by atoms with van der Waals surface area (Å²) in [6.07, 6.45) is 3.43. The maximum absolute atomic E-state index is 4.25. The van der Waals surface area contributed by atoms with Gasteiger partial charge in [0.05, 0.1) is 11.4 Å². The molecule has 0 unspecified atom stereocenters. The normalized spacial score (nSPS) is 8.62. The van der Waals surface area contributed by atoms with E-state index in [2.05, 4.69) is 15.0 Å². The van der Waals surface area contributed by atoms with Gasteiger partial charge in [-0.3, -0.25) is 9.98 Å². The Kier molecular flexibility index (Phi) is 23.3. The molecule has 0 aliphatic heterocycles. The molecular weight excluding hydrogens is 307 g/mol. The predicted molar refractivity (Wildman–Crippen MR) is 51.3 cm³/mol. The Labute approximate surface area is 126 Å². The van der Waals surface area contributed by atoms with E-state index in [0.29, 0.717) is 0 Å². The largest absolute Gasteiger partial charge is 1.00 e. The van der Waals surface area contributed by atoms with E-state index in [4.69, 9.17) is 0 Å². The molecule has 0 amide bonds. The number of hydrogen-bond donors (Lipinski definition) is 0. The van der Waals surface area contributed by atoms with E-state index in [9.17, 15) is 0 Å². The van der Waals surface area contributed by atoms with Crippen LogP contribution in [0.25, 0.3) is 0 Å². The van der Waals surface area contributed by atoms with Gasteiger partial charge in [0.25, 0.3) is 0 Å². The molecule has 1 heterocycles. The number of aliphatic imine (C=N–C) groups is 2. The van der Waals surface area contributed by atoms with Crippen molar-refractivity contribution in [3.63, 3.8) is 0 Å². The second-order valence-electron chi connectivity index (χ2n) is 2.26. The van der Waals surface area contributed by atoms with Crippen molar-refractivity contribution < 1.29 is 55.8 Å². The van der Waals surface area contributed by atoms with E-state index in [1.54, 1.807) is 26.5 Å². The summed E-state index contributed by atoms with van der Waals surface area (Å²) >= 11 is 0. The Hall–Kier alpha value is -0.0556. The van der Waals surface area contributed by atoms with Crippen LogP contribution in [0.4, 0.5) is 0 Å². The van der Waals surface area contributed by atoms with Crippen molar-refractivity contribution in [3.8, 4) is 0 Å². The van der Waals surface area contributed by atoms with Crippen LogP contribution < -0.4 is 37.2 Å². The first-order valence-corrected chi connectivity index (χ1v) is 3.68. The molecule has 3 nitrogen and oxygen atoms in total. The first-order valence-electron chi connectivity index (χ1n) is 3.68. The summed E-state index contributed by atoms with van der Waals surface area (Å²) in [5.74, 6) is 0. The second kappa shape index (κ2) is 14.9. The minimum atomic E-state index is 0. The van der Waals surface area contributed by atoms with Crippen LogP contribution >= 0.6 is 0 Å². The third-order valence-corrected chi connectivity index (χ3v) is 1.31. The van der Waals surface area contributed by atoms with Gasteiger partial charge in [-0.25, -0.2) is 4.98 Å². The van der Waals surface area contributed by atoms with Crippen molar-refractivity contribution in [2.75, 3.05) is 14.1 Å². The van der Waals surface area contributed by atoms with Gasteiger partial charge in [0.2, 0.25) is 0 Å². The average Bonchev–Trinajstić information content (AvgIpc) is 2.06. The first-order chi connectivity index (χ1) is 5.86. The SMILES string of the molecule is CN=Cc1cccc(C=NC)n1.[Cl-].[Cl-].[Cl-].[V]. The minimum Gasteiger partial charge on any atom is -1.00 e. The number of rotatable bonds is 2. The van der Waals surface area contributed by atoms with Crippen molar-refractivity contribution >= 4 is 12.4 Å². The fourth-order valence-electron chi connectivity index (χ4n) is 0.877. The van der Waals surface area contributed by atoms with Crippen molar-refractivity contribution in [2.45, 2.75) is 0 Å². The summed E-state index contributed by atoms with van der Waals surface area (Å²) in [6, 6.07) is 5.74. The van der Waals surface area contributed by atoms with Gasteiger partial charge in [-0.1, -0.05) is 6.07 Å². The minimum absolute atomic E-state index is 0. The zero-order valence-corrected chi connectivity index (χ0v) is 12.5. The van der Waals surface area contributed by atoms with Gasteiger partial charge < -0.3 is 37.2 Å². The number of nitrogens with zero attached hydrogens (tertiary/aromatic N) is 3. The summed E-state index contributed by atoms with van der Waals surface area (Å²) in [5.41, 5.74) is 1.71. The molecule has 1 aromatic rings. The zero-order chi connectivity index (χ0) is 8.81. The monoisotopic (exact) mass is 317 g/mol.